The van der Waals surface area contributed by atoms with Crippen LogP contribution in [-0.2, 0) is 14.6 Å². The zero-order valence-corrected chi connectivity index (χ0v) is 12.3. The number of hydrogen-bond acceptors (Lipinski definition) is 7. The molecule has 1 aromatic heterocycles. The normalized spacial score (nSPS) is 23.2. The summed E-state index contributed by atoms with van der Waals surface area (Å²) >= 11 is 1.15. The fourth-order valence-corrected chi connectivity index (χ4v) is 4.17. The topological polar surface area (TPSA) is 102 Å². The lowest BCUT2D eigenvalue weighted by Gasteiger charge is -2.14. The lowest BCUT2D eigenvalue weighted by atomic mass is 10.2. The Balaban J connectivity index is 1.86. The predicted molar refractivity (Wildman–Crippen MR) is 69.6 cm³/mol. The molecule has 9 heteroatoms. The minimum absolute atomic E-state index is 0.0236. The molecule has 7 nitrogen and oxygen atoms in total. The molecule has 0 unspecified atom stereocenters. The van der Waals surface area contributed by atoms with E-state index >= 15 is 0 Å². The molecule has 19 heavy (non-hydrogen) atoms. The summed E-state index contributed by atoms with van der Waals surface area (Å²) in [4.78, 5) is 11.9. The van der Waals surface area contributed by atoms with Crippen LogP contribution >= 0.6 is 11.8 Å². The lowest BCUT2D eigenvalue weighted by molar-refractivity contribution is -0.120. The third-order valence-electron chi connectivity index (χ3n) is 2.73. The largest absolute Gasteiger partial charge is 0.416 e. The van der Waals surface area contributed by atoms with Crippen molar-refractivity contribution in [2.24, 2.45) is 0 Å². The highest BCUT2D eigenvalue weighted by molar-refractivity contribution is 8.00. The van der Waals surface area contributed by atoms with Crippen molar-refractivity contribution in [3.05, 3.63) is 5.89 Å². The molecule has 2 heterocycles. The standard InChI is InChI=1S/C10H15N3O4S2/c1-6(18-10-13-12-7(2)17-10)9(14)11-8-3-4-19(15,16)5-8/h6,8H,3-5H2,1-2H3,(H,11,14)/t6-,8-/m1/s1. The van der Waals surface area contributed by atoms with E-state index < -0.39 is 15.1 Å². The van der Waals surface area contributed by atoms with Crippen molar-refractivity contribution in [1.29, 1.82) is 0 Å². The zero-order valence-electron chi connectivity index (χ0n) is 10.6. The molecule has 2 rings (SSSR count). The van der Waals surface area contributed by atoms with Gasteiger partial charge in [-0.25, -0.2) is 8.42 Å². The lowest BCUT2D eigenvalue weighted by Crippen LogP contribution is -2.39. The highest BCUT2D eigenvalue weighted by Crippen LogP contribution is 2.22. The number of aryl methyl sites for hydroxylation is 1. The average Bonchev–Trinajstić information content (AvgIpc) is 2.85. The SMILES string of the molecule is Cc1nnc(S[C@H](C)C(=O)N[C@@H]2CCS(=O)(=O)C2)o1. The van der Waals surface area contributed by atoms with Crippen LogP contribution in [0.4, 0.5) is 0 Å². The van der Waals surface area contributed by atoms with Gasteiger partial charge < -0.3 is 9.73 Å². The Morgan fingerprint density at radius 2 is 2.26 bits per heavy atom. The van der Waals surface area contributed by atoms with Crippen molar-refractivity contribution in [3.63, 3.8) is 0 Å². The molecular weight excluding hydrogens is 290 g/mol. The van der Waals surface area contributed by atoms with Gasteiger partial charge in [0.25, 0.3) is 5.22 Å². The maximum absolute atomic E-state index is 11.9. The quantitative estimate of drug-likeness (QED) is 0.790. The fraction of sp³-hybridized carbons (Fsp3) is 0.700. The number of nitrogens with one attached hydrogen (secondary N) is 1. The van der Waals surface area contributed by atoms with Crippen LogP contribution in [0, 0.1) is 6.92 Å². The first-order valence-corrected chi connectivity index (χ1v) is 8.53. The van der Waals surface area contributed by atoms with Gasteiger partial charge in [-0.15, -0.1) is 10.2 Å². The molecule has 1 fully saturated rings. The molecule has 1 amide bonds. The number of nitrogens with zero attached hydrogens (tertiary/aromatic N) is 2. The summed E-state index contributed by atoms with van der Waals surface area (Å²) < 4.78 is 27.8. The molecule has 0 radical (unpaired) electrons. The van der Waals surface area contributed by atoms with Gasteiger partial charge in [0.15, 0.2) is 9.84 Å². The molecule has 0 bridgehead atoms. The van der Waals surface area contributed by atoms with Crippen molar-refractivity contribution < 1.29 is 17.6 Å². The average molecular weight is 305 g/mol. The van der Waals surface area contributed by atoms with Crippen LogP contribution in [0.25, 0.3) is 0 Å². The van der Waals surface area contributed by atoms with Crippen LogP contribution in [0.1, 0.15) is 19.2 Å². The summed E-state index contributed by atoms with van der Waals surface area (Å²) in [6.45, 7) is 3.38. The predicted octanol–water partition coefficient (Wildman–Crippen LogP) is 0.162. The van der Waals surface area contributed by atoms with Gasteiger partial charge in [0.1, 0.15) is 0 Å². The monoisotopic (exact) mass is 305 g/mol. The maximum Gasteiger partial charge on any atom is 0.277 e. The van der Waals surface area contributed by atoms with E-state index in [0.29, 0.717) is 17.5 Å². The number of sulfone groups is 1. The molecule has 0 spiro atoms. The van der Waals surface area contributed by atoms with Crippen LogP contribution in [-0.4, -0.2) is 47.3 Å². The second-order valence-electron chi connectivity index (χ2n) is 4.46. The molecule has 1 aromatic rings. The van der Waals surface area contributed by atoms with Crippen molar-refractivity contribution >= 4 is 27.5 Å². The Bertz CT molecular complexity index is 569. The Labute approximate surface area is 115 Å². The summed E-state index contributed by atoms with van der Waals surface area (Å²) in [7, 11) is -2.98. The van der Waals surface area contributed by atoms with E-state index in [-0.39, 0.29) is 23.5 Å². The Morgan fingerprint density at radius 1 is 1.53 bits per heavy atom. The number of rotatable bonds is 4. The van der Waals surface area contributed by atoms with Gasteiger partial charge >= 0.3 is 0 Å². The van der Waals surface area contributed by atoms with Gasteiger partial charge in [-0.05, 0) is 13.3 Å². The van der Waals surface area contributed by atoms with E-state index in [1.807, 2.05) is 0 Å². The van der Waals surface area contributed by atoms with Crippen LogP contribution < -0.4 is 5.32 Å². The summed E-state index contributed by atoms with van der Waals surface area (Å²) in [6.07, 6.45) is 0.477. The Kier molecular flexibility index (Phi) is 4.14. The molecule has 0 saturated carbocycles. The van der Waals surface area contributed by atoms with Gasteiger partial charge in [0.05, 0.1) is 16.8 Å². The first kappa shape index (κ1) is 14.3. The van der Waals surface area contributed by atoms with E-state index in [1.165, 1.54) is 0 Å². The number of aromatic nitrogens is 2. The van der Waals surface area contributed by atoms with Gasteiger partial charge in [0.2, 0.25) is 11.8 Å². The van der Waals surface area contributed by atoms with Crippen molar-refractivity contribution in [1.82, 2.24) is 15.5 Å². The second kappa shape index (κ2) is 5.49. The van der Waals surface area contributed by atoms with Crippen LogP contribution in [0.15, 0.2) is 9.64 Å². The Hall–Kier alpha value is -1.09. The first-order valence-electron chi connectivity index (χ1n) is 5.83. The summed E-state index contributed by atoms with van der Waals surface area (Å²) in [5.41, 5.74) is 0. The van der Waals surface area contributed by atoms with E-state index in [9.17, 15) is 13.2 Å². The number of thioether (sulfide) groups is 1. The fourth-order valence-electron chi connectivity index (χ4n) is 1.76. The van der Waals surface area contributed by atoms with Crippen molar-refractivity contribution in [2.75, 3.05) is 11.5 Å². The molecule has 2 atom stereocenters. The van der Waals surface area contributed by atoms with Gasteiger partial charge in [-0.3, -0.25) is 4.79 Å². The highest BCUT2D eigenvalue weighted by Gasteiger charge is 2.30. The molecule has 1 aliphatic heterocycles. The van der Waals surface area contributed by atoms with Crippen molar-refractivity contribution in [2.45, 2.75) is 36.8 Å². The number of carbonyl (C=O) groups excluding carboxylic acids is 1. The smallest absolute Gasteiger partial charge is 0.277 e. The third kappa shape index (κ3) is 3.93. The summed E-state index contributed by atoms with van der Waals surface area (Å²) in [5.74, 6) is 0.387. The third-order valence-corrected chi connectivity index (χ3v) is 5.44. The van der Waals surface area contributed by atoms with E-state index in [2.05, 4.69) is 15.5 Å². The zero-order chi connectivity index (χ0) is 14.0. The number of hydrogen-bond donors (Lipinski definition) is 1. The van der Waals surface area contributed by atoms with Crippen LogP contribution in [0.2, 0.25) is 0 Å². The van der Waals surface area contributed by atoms with Crippen molar-refractivity contribution in [3.8, 4) is 0 Å². The first-order chi connectivity index (χ1) is 8.85. The van der Waals surface area contributed by atoms with Crippen LogP contribution in [0.5, 0.6) is 0 Å². The minimum Gasteiger partial charge on any atom is -0.416 e. The maximum atomic E-state index is 11.9. The minimum atomic E-state index is -2.98. The Morgan fingerprint density at radius 3 is 2.79 bits per heavy atom. The van der Waals surface area contributed by atoms with Crippen LogP contribution in [0.3, 0.4) is 0 Å². The van der Waals surface area contributed by atoms with Gasteiger partial charge in [-0.2, -0.15) is 0 Å². The molecule has 106 valence electrons. The summed E-state index contributed by atoms with van der Waals surface area (Å²) in [5, 5.41) is 10.1. The molecule has 0 aromatic carbocycles. The molecular formula is C10H15N3O4S2. The van der Waals surface area contributed by atoms with Gasteiger partial charge in [-0.1, -0.05) is 11.8 Å². The number of amides is 1. The number of carbonyl (C=O) groups is 1. The molecule has 1 aliphatic rings. The van der Waals surface area contributed by atoms with E-state index in [4.69, 9.17) is 4.42 Å². The molecule has 0 aliphatic carbocycles. The molecule has 1 N–H and O–H groups in total. The summed E-state index contributed by atoms with van der Waals surface area (Å²) in [6, 6.07) is -0.287. The molecule has 1 saturated heterocycles. The van der Waals surface area contributed by atoms with E-state index in [0.717, 1.165) is 11.8 Å². The highest BCUT2D eigenvalue weighted by atomic mass is 32.2. The van der Waals surface area contributed by atoms with Gasteiger partial charge in [0, 0.05) is 13.0 Å². The second-order valence-corrected chi connectivity index (χ2v) is 7.98. The van der Waals surface area contributed by atoms with E-state index in [1.54, 1.807) is 13.8 Å².